The number of carbonyl (C=O) groups excluding carboxylic acids is 1. The Hall–Kier alpha value is -2.98. The number of nitrogens with one attached hydrogen (secondary N) is 1. The first-order valence-electron chi connectivity index (χ1n) is 7.64. The number of aliphatic hydroxyl groups is 1. The molecule has 0 aliphatic rings. The molecule has 2 aromatic carbocycles. The molecule has 2 N–H and O–H groups in total. The Morgan fingerprint density at radius 2 is 1.67 bits per heavy atom. The Balaban J connectivity index is 1.86. The lowest BCUT2D eigenvalue weighted by Crippen LogP contribution is -2.25. The van der Waals surface area contributed by atoms with Crippen molar-refractivity contribution in [3.8, 4) is 0 Å². The Labute approximate surface area is 141 Å². The zero-order chi connectivity index (χ0) is 17.2. The molecule has 0 unspecified atom stereocenters. The molecule has 4 heteroatoms. The number of nitrogens with zero attached hydrogens (tertiary/aromatic N) is 1. The van der Waals surface area contributed by atoms with E-state index in [4.69, 9.17) is 0 Å². The van der Waals surface area contributed by atoms with Gasteiger partial charge in [0.1, 0.15) is 0 Å². The van der Waals surface area contributed by atoms with Crippen LogP contribution in [0.2, 0.25) is 0 Å². The quantitative estimate of drug-likeness (QED) is 0.486. The van der Waals surface area contributed by atoms with Crippen LogP contribution in [0, 0.1) is 0 Å². The number of amides is 1. The van der Waals surface area contributed by atoms with Gasteiger partial charge < -0.3 is 5.11 Å². The molecule has 1 amide bonds. The maximum atomic E-state index is 11.9. The van der Waals surface area contributed by atoms with Gasteiger partial charge in [-0.1, -0.05) is 78.9 Å². The van der Waals surface area contributed by atoms with Gasteiger partial charge in [0, 0.05) is 0 Å². The fraction of sp³-hybridized carbons (Fsp3) is 0.100. The molecular formula is C20H20N2O2. The van der Waals surface area contributed by atoms with Crippen molar-refractivity contribution < 1.29 is 9.90 Å². The largest absolute Gasteiger partial charge is 0.378 e. The minimum atomic E-state index is -1.23. The Bertz CT molecular complexity index is 735. The number of hydrogen-bond donors (Lipinski definition) is 2. The van der Waals surface area contributed by atoms with E-state index < -0.39 is 12.0 Å². The van der Waals surface area contributed by atoms with E-state index >= 15 is 0 Å². The van der Waals surface area contributed by atoms with Gasteiger partial charge in [-0.05, 0) is 24.1 Å². The molecule has 0 fully saturated rings. The molecule has 2 rings (SSSR count). The van der Waals surface area contributed by atoms with Gasteiger partial charge >= 0.3 is 0 Å². The molecular weight excluding hydrogens is 300 g/mol. The van der Waals surface area contributed by atoms with Crippen molar-refractivity contribution in [1.82, 2.24) is 5.43 Å². The summed E-state index contributed by atoms with van der Waals surface area (Å²) in [7, 11) is 0. The van der Waals surface area contributed by atoms with Crippen molar-refractivity contribution in [3.05, 3.63) is 90.0 Å². The zero-order valence-electron chi connectivity index (χ0n) is 13.5. The van der Waals surface area contributed by atoms with Crippen LogP contribution in [0.5, 0.6) is 0 Å². The minimum Gasteiger partial charge on any atom is -0.378 e. The summed E-state index contributed by atoms with van der Waals surface area (Å²) in [5.41, 5.74) is 4.63. The van der Waals surface area contributed by atoms with Gasteiger partial charge in [-0.15, -0.1) is 0 Å². The number of hydrogen-bond acceptors (Lipinski definition) is 3. The maximum Gasteiger partial charge on any atom is 0.273 e. The van der Waals surface area contributed by atoms with Crippen LogP contribution >= 0.6 is 0 Å². The highest BCUT2D eigenvalue weighted by Crippen LogP contribution is 2.11. The number of carbonyl (C=O) groups is 1. The van der Waals surface area contributed by atoms with Gasteiger partial charge in [-0.2, -0.15) is 5.10 Å². The summed E-state index contributed by atoms with van der Waals surface area (Å²) < 4.78 is 0. The van der Waals surface area contributed by atoms with Crippen LogP contribution in [0.15, 0.2) is 84.0 Å². The van der Waals surface area contributed by atoms with E-state index in [0.29, 0.717) is 11.3 Å². The summed E-state index contributed by atoms with van der Waals surface area (Å²) in [5.74, 6) is -0.561. The molecule has 0 spiro atoms. The predicted octanol–water partition coefficient (Wildman–Crippen LogP) is 3.48. The van der Waals surface area contributed by atoms with Crippen molar-refractivity contribution in [2.24, 2.45) is 5.10 Å². The van der Waals surface area contributed by atoms with Gasteiger partial charge in [-0.3, -0.25) is 4.79 Å². The Morgan fingerprint density at radius 3 is 2.33 bits per heavy atom. The van der Waals surface area contributed by atoms with Crippen LogP contribution in [-0.4, -0.2) is 16.7 Å². The van der Waals surface area contributed by atoms with Gasteiger partial charge in [0.05, 0.1) is 5.71 Å². The third-order valence-electron chi connectivity index (χ3n) is 3.24. The van der Waals surface area contributed by atoms with E-state index in [9.17, 15) is 9.90 Å². The SMILES string of the molecule is CC(/C=C/C=C\c1ccccc1)=NNC(=O)[C@@H](O)c1ccccc1. The van der Waals surface area contributed by atoms with Crippen LogP contribution in [0.4, 0.5) is 0 Å². The topological polar surface area (TPSA) is 61.7 Å². The van der Waals surface area contributed by atoms with E-state index in [1.54, 1.807) is 37.3 Å². The van der Waals surface area contributed by atoms with Crippen molar-refractivity contribution in [3.63, 3.8) is 0 Å². The molecule has 1 atom stereocenters. The lowest BCUT2D eigenvalue weighted by Gasteiger charge is -2.08. The van der Waals surface area contributed by atoms with Crippen LogP contribution in [-0.2, 0) is 4.79 Å². The van der Waals surface area contributed by atoms with Gasteiger partial charge in [-0.25, -0.2) is 5.43 Å². The average molecular weight is 320 g/mol. The second-order valence-corrected chi connectivity index (χ2v) is 5.17. The van der Waals surface area contributed by atoms with Crippen molar-refractivity contribution in [2.45, 2.75) is 13.0 Å². The molecule has 0 bridgehead atoms. The number of aliphatic hydroxyl groups excluding tert-OH is 1. The first-order valence-corrected chi connectivity index (χ1v) is 7.64. The molecule has 0 aromatic heterocycles. The van der Waals surface area contributed by atoms with Gasteiger partial charge in [0.2, 0.25) is 0 Å². The smallest absolute Gasteiger partial charge is 0.273 e. The molecule has 0 saturated heterocycles. The summed E-state index contributed by atoms with van der Waals surface area (Å²) in [5, 5.41) is 13.9. The average Bonchev–Trinajstić information content (AvgIpc) is 2.64. The number of benzene rings is 2. The first-order chi connectivity index (χ1) is 11.7. The zero-order valence-corrected chi connectivity index (χ0v) is 13.5. The molecule has 0 aliphatic heterocycles. The lowest BCUT2D eigenvalue weighted by atomic mass is 10.1. The molecule has 0 saturated carbocycles. The number of rotatable bonds is 6. The Morgan fingerprint density at radius 1 is 1.04 bits per heavy atom. The van der Waals surface area contributed by atoms with Crippen LogP contribution in [0.3, 0.4) is 0 Å². The van der Waals surface area contributed by atoms with Crippen LogP contribution in [0.1, 0.15) is 24.2 Å². The molecule has 2 aromatic rings. The molecule has 122 valence electrons. The fourth-order valence-corrected chi connectivity index (χ4v) is 1.95. The first kappa shape index (κ1) is 17.4. The molecule has 0 radical (unpaired) electrons. The van der Waals surface area contributed by atoms with E-state index in [1.165, 1.54) is 0 Å². The maximum absolute atomic E-state index is 11.9. The van der Waals surface area contributed by atoms with Gasteiger partial charge in [0.25, 0.3) is 5.91 Å². The third kappa shape index (κ3) is 5.66. The highest BCUT2D eigenvalue weighted by atomic mass is 16.3. The fourth-order valence-electron chi connectivity index (χ4n) is 1.95. The lowest BCUT2D eigenvalue weighted by molar-refractivity contribution is -0.129. The molecule has 4 nitrogen and oxygen atoms in total. The van der Waals surface area contributed by atoms with Crippen LogP contribution < -0.4 is 5.43 Å². The number of allylic oxidation sites excluding steroid dienone is 3. The highest BCUT2D eigenvalue weighted by molar-refractivity contribution is 5.94. The number of hydrazone groups is 1. The van der Waals surface area contributed by atoms with E-state index in [1.807, 2.05) is 54.6 Å². The molecule has 0 heterocycles. The second-order valence-electron chi connectivity index (χ2n) is 5.17. The van der Waals surface area contributed by atoms with Crippen molar-refractivity contribution >= 4 is 17.7 Å². The van der Waals surface area contributed by atoms with E-state index in [-0.39, 0.29) is 0 Å². The van der Waals surface area contributed by atoms with E-state index in [2.05, 4.69) is 10.5 Å². The molecule has 0 aliphatic carbocycles. The van der Waals surface area contributed by atoms with Gasteiger partial charge in [0.15, 0.2) is 6.10 Å². The summed E-state index contributed by atoms with van der Waals surface area (Å²) >= 11 is 0. The van der Waals surface area contributed by atoms with Crippen molar-refractivity contribution in [2.75, 3.05) is 0 Å². The predicted molar refractivity (Wildman–Crippen MR) is 97.3 cm³/mol. The summed E-state index contributed by atoms with van der Waals surface area (Å²) in [6.07, 6.45) is 6.25. The summed E-state index contributed by atoms with van der Waals surface area (Å²) in [6.45, 7) is 1.77. The molecule has 24 heavy (non-hydrogen) atoms. The highest BCUT2D eigenvalue weighted by Gasteiger charge is 2.15. The standard InChI is InChI=1S/C20H20N2O2/c1-16(10-8-9-13-17-11-4-2-5-12-17)21-22-20(24)19(23)18-14-6-3-7-15-18/h2-15,19,23H,1H3,(H,22,24)/b10-8+,13-9-,21-16?/t19-/m0/s1. The van der Waals surface area contributed by atoms with E-state index in [0.717, 1.165) is 5.56 Å². The van der Waals surface area contributed by atoms with Crippen molar-refractivity contribution in [1.29, 1.82) is 0 Å². The summed E-state index contributed by atoms with van der Waals surface area (Å²) in [6, 6.07) is 18.7. The monoisotopic (exact) mass is 320 g/mol. The normalized spacial score (nSPS) is 13.3. The second kappa shape index (κ2) is 9.22. The minimum absolute atomic E-state index is 0.532. The Kier molecular flexibility index (Phi) is 6.68. The van der Waals surface area contributed by atoms with Crippen LogP contribution in [0.25, 0.3) is 6.08 Å². The summed E-state index contributed by atoms with van der Waals surface area (Å²) in [4.78, 5) is 11.9. The third-order valence-corrected chi connectivity index (χ3v) is 3.24.